The summed E-state index contributed by atoms with van der Waals surface area (Å²) in [5.41, 5.74) is 1.85. The van der Waals surface area contributed by atoms with Gasteiger partial charge in [-0.3, -0.25) is 9.69 Å². The molecule has 2 aromatic heterocycles. The van der Waals surface area contributed by atoms with Gasteiger partial charge < -0.3 is 4.90 Å². The van der Waals surface area contributed by atoms with Gasteiger partial charge in [0.1, 0.15) is 5.01 Å². The molecular weight excluding hydrogens is 398 g/mol. The van der Waals surface area contributed by atoms with Crippen molar-refractivity contribution in [2.75, 3.05) is 26.2 Å². The number of carbonyl (C=O) groups is 1. The van der Waals surface area contributed by atoms with Crippen LogP contribution in [0.5, 0.6) is 0 Å². The van der Waals surface area contributed by atoms with Crippen LogP contribution in [0.4, 0.5) is 0 Å². The van der Waals surface area contributed by atoms with Gasteiger partial charge in [0, 0.05) is 37.1 Å². The molecule has 1 fully saturated rings. The maximum Gasteiger partial charge on any atom is 0.253 e. The van der Waals surface area contributed by atoms with Crippen LogP contribution < -0.4 is 0 Å². The number of amides is 1. The van der Waals surface area contributed by atoms with Crippen LogP contribution in [0.1, 0.15) is 15.4 Å². The lowest BCUT2D eigenvalue weighted by Crippen LogP contribution is -2.48. The maximum atomic E-state index is 12.9. The van der Waals surface area contributed by atoms with Crippen molar-refractivity contribution in [3.05, 3.63) is 75.9 Å². The molecule has 1 amide bonds. The van der Waals surface area contributed by atoms with Crippen LogP contribution in [0, 0.1) is 0 Å². The molecule has 6 heteroatoms. The fourth-order valence-electron chi connectivity index (χ4n) is 3.73. The number of nitrogens with zero attached hydrogens (tertiary/aromatic N) is 3. The van der Waals surface area contributed by atoms with Gasteiger partial charge in [-0.1, -0.05) is 36.4 Å². The van der Waals surface area contributed by atoms with Gasteiger partial charge in [0.25, 0.3) is 5.91 Å². The van der Waals surface area contributed by atoms with E-state index in [1.165, 1.54) is 10.3 Å². The van der Waals surface area contributed by atoms with E-state index in [2.05, 4.69) is 39.9 Å². The molecule has 5 rings (SSSR count). The zero-order valence-corrected chi connectivity index (χ0v) is 17.6. The summed E-state index contributed by atoms with van der Waals surface area (Å²) in [6.07, 6.45) is 0. The molecule has 0 unspecified atom stereocenters. The Hall–Kier alpha value is -2.54. The first kappa shape index (κ1) is 18.5. The van der Waals surface area contributed by atoms with Crippen LogP contribution in [0.15, 0.2) is 65.4 Å². The molecule has 0 atom stereocenters. The zero-order valence-electron chi connectivity index (χ0n) is 16.0. The van der Waals surface area contributed by atoms with Crippen molar-refractivity contribution >= 4 is 39.4 Å². The van der Waals surface area contributed by atoms with E-state index in [1.54, 1.807) is 22.7 Å². The highest BCUT2D eigenvalue weighted by atomic mass is 32.1. The highest BCUT2D eigenvalue weighted by Crippen LogP contribution is 2.27. The largest absolute Gasteiger partial charge is 0.336 e. The first-order valence-electron chi connectivity index (χ1n) is 9.75. The fraction of sp³-hybridized carbons (Fsp3) is 0.217. The van der Waals surface area contributed by atoms with Crippen LogP contribution in [0.25, 0.3) is 21.3 Å². The fourth-order valence-corrected chi connectivity index (χ4v) is 5.32. The van der Waals surface area contributed by atoms with Gasteiger partial charge in [-0.05, 0) is 34.4 Å². The molecule has 29 heavy (non-hydrogen) atoms. The third-order valence-corrected chi connectivity index (χ3v) is 7.07. The number of piperazine rings is 1. The molecule has 0 saturated carbocycles. The van der Waals surface area contributed by atoms with Crippen molar-refractivity contribution in [3.8, 4) is 10.6 Å². The molecule has 0 N–H and O–H groups in total. The van der Waals surface area contributed by atoms with Gasteiger partial charge in [0.05, 0.1) is 17.1 Å². The van der Waals surface area contributed by atoms with E-state index in [4.69, 9.17) is 4.98 Å². The molecular formula is C23H21N3OS2. The smallest absolute Gasteiger partial charge is 0.253 e. The van der Waals surface area contributed by atoms with Crippen LogP contribution in [-0.2, 0) is 6.54 Å². The molecule has 1 saturated heterocycles. The first-order chi connectivity index (χ1) is 14.3. The molecule has 4 aromatic rings. The SMILES string of the molecule is O=C(c1ccc2ccccc2c1)N1CCN(Cc2nc(-c3cccs3)cs2)CC1. The summed E-state index contributed by atoms with van der Waals surface area (Å²) in [7, 11) is 0. The summed E-state index contributed by atoms with van der Waals surface area (Å²) in [6, 6.07) is 18.3. The average Bonchev–Trinajstić information content (AvgIpc) is 3.45. The molecule has 0 aliphatic carbocycles. The number of rotatable bonds is 4. The third kappa shape index (κ3) is 3.96. The van der Waals surface area contributed by atoms with E-state index in [0.717, 1.165) is 54.4 Å². The number of thiazole rings is 1. The van der Waals surface area contributed by atoms with Crippen LogP contribution >= 0.6 is 22.7 Å². The number of carbonyl (C=O) groups excluding carboxylic acids is 1. The summed E-state index contributed by atoms with van der Waals surface area (Å²) < 4.78 is 0. The van der Waals surface area contributed by atoms with Crippen molar-refractivity contribution in [3.63, 3.8) is 0 Å². The molecule has 0 radical (unpaired) electrons. The van der Waals surface area contributed by atoms with E-state index in [0.29, 0.717) is 0 Å². The van der Waals surface area contributed by atoms with E-state index in [9.17, 15) is 4.79 Å². The van der Waals surface area contributed by atoms with E-state index in [-0.39, 0.29) is 5.91 Å². The van der Waals surface area contributed by atoms with E-state index < -0.39 is 0 Å². The average molecular weight is 420 g/mol. The summed E-state index contributed by atoms with van der Waals surface area (Å²) in [5.74, 6) is 0.129. The Balaban J connectivity index is 1.20. The number of hydrogen-bond donors (Lipinski definition) is 0. The molecule has 1 aliphatic rings. The standard InChI is InChI=1S/C23H21N3OS2/c27-23(19-8-7-17-4-1-2-5-18(17)14-19)26-11-9-25(10-12-26)15-22-24-20(16-29-22)21-6-3-13-28-21/h1-8,13-14,16H,9-12,15H2. The summed E-state index contributed by atoms with van der Waals surface area (Å²) in [5, 5.41) is 7.64. The number of aromatic nitrogens is 1. The van der Waals surface area contributed by atoms with Gasteiger partial charge in [-0.25, -0.2) is 4.98 Å². The van der Waals surface area contributed by atoms with Gasteiger partial charge in [-0.15, -0.1) is 22.7 Å². The molecule has 0 bridgehead atoms. The highest BCUT2D eigenvalue weighted by Gasteiger charge is 2.23. The van der Waals surface area contributed by atoms with Crippen LogP contribution in [0.3, 0.4) is 0 Å². The Labute approximate surface area is 178 Å². The summed E-state index contributed by atoms with van der Waals surface area (Å²) in [6.45, 7) is 4.14. The Kier molecular flexibility index (Phi) is 5.14. The van der Waals surface area contributed by atoms with Crippen molar-refractivity contribution in [2.24, 2.45) is 0 Å². The lowest BCUT2D eigenvalue weighted by Gasteiger charge is -2.34. The quantitative estimate of drug-likeness (QED) is 0.468. The predicted molar refractivity (Wildman–Crippen MR) is 121 cm³/mol. The van der Waals surface area contributed by atoms with Crippen molar-refractivity contribution in [2.45, 2.75) is 6.54 Å². The minimum absolute atomic E-state index is 0.129. The number of benzene rings is 2. The number of fused-ring (bicyclic) bond motifs is 1. The Morgan fingerprint density at radius 3 is 2.55 bits per heavy atom. The minimum Gasteiger partial charge on any atom is -0.336 e. The second-order valence-corrected chi connectivity index (χ2v) is 9.12. The predicted octanol–water partition coefficient (Wildman–Crippen LogP) is 4.98. The summed E-state index contributed by atoms with van der Waals surface area (Å²) in [4.78, 5) is 23.3. The van der Waals surface area contributed by atoms with Gasteiger partial charge in [-0.2, -0.15) is 0 Å². The topological polar surface area (TPSA) is 36.4 Å². The first-order valence-corrected chi connectivity index (χ1v) is 11.5. The monoisotopic (exact) mass is 419 g/mol. The molecule has 4 nitrogen and oxygen atoms in total. The Morgan fingerprint density at radius 2 is 1.76 bits per heavy atom. The second-order valence-electron chi connectivity index (χ2n) is 7.23. The molecule has 2 aromatic carbocycles. The molecule has 1 aliphatic heterocycles. The number of hydrogen-bond acceptors (Lipinski definition) is 5. The van der Waals surface area contributed by atoms with Crippen molar-refractivity contribution in [1.82, 2.24) is 14.8 Å². The van der Waals surface area contributed by atoms with Crippen molar-refractivity contribution in [1.29, 1.82) is 0 Å². The third-order valence-electron chi connectivity index (χ3n) is 5.34. The maximum absolute atomic E-state index is 12.9. The van der Waals surface area contributed by atoms with Crippen molar-refractivity contribution < 1.29 is 4.79 Å². The van der Waals surface area contributed by atoms with E-state index in [1.807, 2.05) is 35.2 Å². The number of thiophene rings is 1. The zero-order chi connectivity index (χ0) is 19.6. The van der Waals surface area contributed by atoms with Gasteiger partial charge in [0.15, 0.2) is 0 Å². The Bertz CT molecular complexity index is 1130. The van der Waals surface area contributed by atoms with Gasteiger partial charge >= 0.3 is 0 Å². The minimum atomic E-state index is 0.129. The molecule has 0 spiro atoms. The normalized spacial score (nSPS) is 15.1. The van der Waals surface area contributed by atoms with Crippen LogP contribution in [0.2, 0.25) is 0 Å². The summed E-state index contributed by atoms with van der Waals surface area (Å²) >= 11 is 3.44. The lowest BCUT2D eigenvalue weighted by molar-refractivity contribution is 0.0628. The highest BCUT2D eigenvalue weighted by molar-refractivity contribution is 7.14. The molecule has 3 heterocycles. The van der Waals surface area contributed by atoms with Gasteiger partial charge in [0.2, 0.25) is 0 Å². The lowest BCUT2D eigenvalue weighted by atomic mass is 10.1. The van der Waals surface area contributed by atoms with E-state index >= 15 is 0 Å². The second kappa shape index (κ2) is 8.06. The Morgan fingerprint density at radius 1 is 0.931 bits per heavy atom. The molecule has 146 valence electrons. The van der Waals surface area contributed by atoms with Crippen LogP contribution in [-0.4, -0.2) is 46.9 Å².